The Morgan fingerprint density at radius 2 is 1.79 bits per heavy atom. The standard InChI is InChI=1S/C31H31ClN4O3/c1-35-20-34-19-29(35)31(38,23-9-7-21(8-10-23)18-33-13-14-39-3)24-11-12-28-27(16-24)26(17-30(37)36(28)2)22-5-4-6-25(32)15-22/h4-12,15-17,19-20,33,38H,13-14,18H2,1-3H3. The fourth-order valence-electron chi connectivity index (χ4n) is 5.02. The number of hydrogen-bond acceptors (Lipinski definition) is 5. The summed E-state index contributed by atoms with van der Waals surface area (Å²) in [6.07, 6.45) is 3.36. The van der Waals surface area contributed by atoms with Crippen molar-refractivity contribution in [3.63, 3.8) is 0 Å². The maximum atomic E-state index is 12.8. The Kier molecular flexibility index (Phi) is 7.68. The second-order valence-corrected chi connectivity index (χ2v) is 10.1. The second-order valence-electron chi connectivity index (χ2n) is 9.66. The van der Waals surface area contributed by atoms with Crippen molar-refractivity contribution in [3.05, 3.63) is 123 Å². The van der Waals surface area contributed by atoms with Crippen LogP contribution in [0.2, 0.25) is 5.02 Å². The third-order valence-electron chi connectivity index (χ3n) is 7.17. The lowest BCUT2D eigenvalue weighted by molar-refractivity contribution is 0.117. The molecule has 0 aliphatic rings. The van der Waals surface area contributed by atoms with Crippen LogP contribution in [0.5, 0.6) is 0 Å². The number of benzene rings is 3. The zero-order chi connectivity index (χ0) is 27.6. The van der Waals surface area contributed by atoms with Gasteiger partial charge >= 0.3 is 0 Å². The van der Waals surface area contributed by atoms with Gasteiger partial charge in [0.05, 0.1) is 30.3 Å². The number of rotatable bonds is 9. The van der Waals surface area contributed by atoms with Gasteiger partial charge in [0.2, 0.25) is 0 Å². The summed E-state index contributed by atoms with van der Waals surface area (Å²) >= 11 is 6.30. The van der Waals surface area contributed by atoms with Gasteiger partial charge in [-0.25, -0.2) is 4.98 Å². The molecule has 0 radical (unpaired) electrons. The summed E-state index contributed by atoms with van der Waals surface area (Å²) in [5, 5.41) is 17.3. The van der Waals surface area contributed by atoms with Gasteiger partial charge in [0, 0.05) is 50.8 Å². The van der Waals surface area contributed by atoms with E-state index in [0.717, 1.165) is 34.1 Å². The first-order chi connectivity index (χ1) is 18.8. The molecule has 39 heavy (non-hydrogen) atoms. The van der Waals surface area contributed by atoms with Crippen LogP contribution in [0.3, 0.4) is 0 Å². The summed E-state index contributed by atoms with van der Waals surface area (Å²) in [6, 6.07) is 22.7. The molecule has 3 aromatic carbocycles. The Morgan fingerprint density at radius 3 is 2.49 bits per heavy atom. The molecule has 0 aliphatic heterocycles. The highest BCUT2D eigenvalue weighted by molar-refractivity contribution is 6.30. The maximum absolute atomic E-state index is 12.8. The average molecular weight is 543 g/mol. The van der Waals surface area contributed by atoms with E-state index in [2.05, 4.69) is 10.3 Å². The second kappa shape index (κ2) is 11.2. The lowest BCUT2D eigenvalue weighted by atomic mass is 9.82. The molecule has 2 heterocycles. The zero-order valence-electron chi connectivity index (χ0n) is 22.2. The van der Waals surface area contributed by atoms with E-state index < -0.39 is 5.60 Å². The third-order valence-corrected chi connectivity index (χ3v) is 7.41. The Hall–Kier alpha value is -3.75. The number of nitrogens with one attached hydrogen (secondary N) is 1. The van der Waals surface area contributed by atoms with Crippen LogP contribution in [0.25, 0.3) is 22.0 Å². The van der Waals surface area contributed by atoms with Crippen LogP contribution in [0.15, 0.2) is 90.1 Å². The lowest BCUT2D eigenvalue weighted by Gasteiger charge is -2.30. The van der Waals surface area contributed by atoms with Crippen molar-refractivity contribution in [2.45, 2.75) is 12.1 Å². The average Bonchev–Trinajstić information content (AvgIpc) is 3.39. The quantitative estimate of drug-likeness (QED) is 0.266. The highest BCUT2D eigenvalue weighted by atomic mass is 35.5. The molecule has 1 unspecified atom stereocenters. The number of halogens is 1. The highest BCUT2D eigenvalue weighted by Gasteiger charge is 2.37. The van der Waals surface area contributed by atoms with Gasteiger partial charge in [-0.05, 0) is 52.1 Å². The van der Waals surface area contributed by atoms with Crippen LogP contribution >= 0.6 is 11.6 Å². The van der Waals surface area contributed by atoms with E-state index in [1.165, 1.54) is 0 Å². The molecule has 0 fully saturated rings. The van der Waals surface area contributed by atoms with E-state index in [4.69, 9.17) is 16.3 Å². The largest absolute Gasteiger partial charge is 0.383 e. The number of hydrogen-bond donors (Lipinski definition) is 2. The molecule has 200 valence electrons. The van der Waals surface area contributed by atoms with Gasteiger partial charge in [0.25, 0.3) is 5.56 Å². The summed E-state index contributed by atoms with van der Waals surface area (Å²) in [4.78, 5) is 17.1. The van der Waals surface area contributed by atoms with Gasteiger partial charge in [0.1, 0.15) is 0 Å². The molecule has 0 bridgehead atoms. The third kappa shape index (κ3) is 5.14. The van der Waals surface area contributed by atoms with Crippen LogP contribution in [0.4, 0.5) is 0 Å². The van der Waals surface area contributed by atoms with Crippen molar-refractivity contribution in [2.24, 2.45) is 14.1 Å². The van der Waals surface area contributed by atoms with E-state index in [0.29, 0.717) is 35.0 Å². The molecule has 0 saturated carbocycles. The molecule has 0 spiro atoms. The molecule has 5 rings (SSSR count). The Labute approximate surface area is 232 Å². The van der Waals surface area contributed by atoms with Gasteiger partial charge in [-0.3, -0.25) is 4.79 Å². The van der Waals surface area contributed by atoms with Crippen molar-refractivity contribution < 1.29 is 9.84 Å². The van der Waals surface area contributed by atoms with E-state index >= 15 is 0 Å². The number of imidazole rings is 1. The summed E-state index contributed by atoms with van der Waals surface area (Å²) in [5.41, 5.74) is 3.81. The van der Waals surface area contributed by atoms with E-state index in [-0.39, 0.29) is 5.56 Å². The molecule has 0 saturated heterocycles. The molecule has 5 aromatic rings. The normalized spacial score (nSPS) is 13.1. The van der Waals surface area contributed by atoms with Crippen molar-refractivity contribution in [1.82, 2.24) is 19.4 Å². The van der Waals surface area contributed by atoms with Crippen molar-refractivity contribution in [1.29, 1.82) is 0 Å². The highest BCUT2D eigenvalue weighted by Crippen LogP contribution is 2.39. The van der Waals surface area contributed by atoms with Crippen LogP contribution in [0.1, 0.15) is 22.4 Å². The molecule has 1 atom stereocenters. The minimum Gasteiger partial charge on any atom is -0.383 e. The summed E-state index contributed by atoms with van der Waals surface area (Å²) in [6.45, 7) is 2.09. The molecule has 8 heteroatoms. The molecular weight excluding hydrogens is 512 g/mol. The fraction of sp³-hybridized carbons (Fsp3) is 0.226. The first-order valence-electron chi connectivity index (χ1n) is 12.7. The molecule has 0 aliphatic carbocycles. The lowest BCUT2D eigenvalue weighted by Crippen LogP contribution is -2.31. The number of fused-ring (bicyclic) bond motifs is 1. The number of aryl methyl sites for hydroxylation is 2. The van der Waals surface area contributed by atoms with Gasteiger partial charge < -0.3 is 24.3 Å². The summed E-state index contributed by atoms with van der Waals surface area (Å²) < 4.78 is 8.54. The predicted molar refractivity (Wildman–Crippen MR) is 155 cm³/mol. The minimum atomic E-state index is -1.50. The number of aliphatic hydroxyl groups is 1. The van der Waals surface area contributed by atoms with Crippen molar-refractivity contribution >= 4 is 22.5 Å². The summed E-state index contributed by atoms with van der Waals surface area (Å²) in [7, 11) is 5.29. The van der Waals surface area contributed by atoms with Gasteiger partial charge in [-0.15, -0.1) is 0 Å². The first kappa shape index (κ1) is 26.8. The number of ether oxygens (including phenoxy) is 1. The van der Waals surface area contributed by atoms with E-state index in [9.17, 15) is 9.90 Å². The number of pyridine rings is 1. The smallest absolute Gasteiger partial charge is 0.251 e. The minimum absolute atomic E-state index is 0.123. The van der Waals surface area contributed by atoms with E-state index in [1.54, 1.807) is 43.4 Å². The van der Waals surface area contributed by atoms with Crippen molar-refractivity contribution in [2.75, 3.05) is 20.3 Å². The first-order valence-corrected chi connectivity index (χ1v) is 13.1. The molecule has 2 aromatic heterocycles. The van der Waals surface area contributed by atoms with Crippen LogP contribution in [-0.2, 0) is 31.0 Å². The van der Waals surface area contributed by atoms with Gasteiger partial charge in [0.15, 0.2) is 5.60 Å². The number of aromatic nitrogens is 3. The molecule has 7 nitrogen and oxygen atoms in total. The Balaban J connectivity index is 1.67. The van der Waals surface area contributed by atoms with Crippen molar-refractivity contribution in [3.8, 4) is 11.1 Å². The molecule has 0 amide bonds. The zero-order valence-corrected chi connectivity index (χ0v) is 22.9. The summed E-state index contributed by atoms with van der Waals surface area (Å²) in [5.74, 6) is 0. The number of methoxy groups -OCH3 is 1. The Morgan fingerprint density at radius 1 is 1.03 bits per heavy atom. The monoisotopic (exact) mass is 542 g/mol. The van der Waals surface area contributed by atoms with Crippen LogP contribution in [0, 0.1) is 0 Å². The van der Waals surface area contributed by atoms with Crippen LogP contribution < -0.4 is 10.9 Å². The SMILES string of the molecule is COCCNCc1ccc(C(O)(c2ccc3c(c2)c(-c2cccc(Cl)c2)cc(=O)n3C)c2cncn2C)cc1. The fourth-order valence-corrected chi connectivity index (χ4v) is 5.21. The molecule has 2 N–H and O–H groups in total. The molecular formula is C31H31ClN4O3. The van der Waals surface area contributed by atoms with Gasteiger partial charge in [-0.2, -0.15) is 0 Å². The van der Waals surface area contributed by atoms with Gasteiger partial charge in [-0.1, -0.05) is 54.1 Å². The maximum Gasteiger partial charge on any atom is 0.251 e. The Bertz CT molecular complexity index is 1680. The topological polar surface area (TPSA) is 81.3 Å². The predicted octanol–water partition coefficient (Wildman–Crippen LogP) is 4.61. The van der Waals surface area contributed by atoms with E-state index in [1.807, 2.05) is 72.3 Å². The van der Waals surface area contributed by atoms with Crippen LogP contribution in [-0.4, -0.2) is 39.5 Å². The number of nitrogens with zero attached hydrogens (tertiary/aromatic N) is 3.